The number of benzene rings is 2. The van der Waals surface area contributed by atoms with Crippen LogP contribution in [-0.2, 0) is 0 Å². The lowest BCUT2D eigenvalue weighted by Gasteiger charge is -2.11. The maximum absolute atomic E-state index is 10.1. The number of hydrogen-bond donors (Lipinski definition) is 1. The molecule has 1 unspecified atom stereocenters. The van der Waals surface area contributed by atoms with Crippen molar-refractivity contribution < 1.29 is 5.11 Å². The van der Waals surface area contributed by atoms with E-state index in [1.54, 1.807) is 12.1 Å². The van der Waals surface area contributed by atoms with Crippen molar-refractivity contribution in [2.75, 3.05) is 0 Å². The fourth-order valence-corrected chi connectivity index (χ4v) is 1.71. The number of aliphatic hydroxyl groups excluding tert-OH is 1. The Labute approximate surface area is 114 Å². The van der Waals surface area contributed by atoms with Crippen LogP contribution in [-0.4, -0.2) is 5.11 Å². The van der Waals surface area contributed by atoms with Gasteiger partial charge in [-0.2, -0.15) is 0 Å². The van der Waals surface area contributed by atoms with Gasteiger partial charge in [0.2, 0.25) is 0 Å². The van der Waals surface area contributed by atoms with Crippen LogP contribution in [0.5, 0.6) is 0 Å². The second-order valence-electron chi connectivity index (χ2n) is 3.86. The van der Waals surface area contributed by atoms with E-state index in [2.05, 4.69) is 0 Å². The molecular formula is C16H19ClO. The third-order valence-corrected chi connectivity index (χ3v) is 2.83. The van der Waals surface area contributed by atoms with Gasteiger partial charge in [0.1, 0.15) is 6.10 Å². The first-order valence-electron chi connectivity index (χ1n) is 6.17. The first-order chi connectivity index (χ1) is 8.66. The highest BCUT2D eigenvalue weighted by atomic mass is 35.5. The summed E-state index contributed by atoms with van der Waals surface area (Å²) in [4.78, 5) is 0. The Balaban J connectivity index is 0.000000771. The van der Waals surface area contributed by atoms with Gasteiger partial charge in [-0.3, -0.25) is 0 Å². The first-order valence-corrected chi connectivity index (χ1v) is 6.55. The van der Waals surface area contributed by atoms with Gasteiger partial charge in [-0.05, 0) is 30.2 Å². The predicted molar refractivity (Wildman–Crippen MR) is 78.0 cm³/mol. The Morgan fingerprint density at radius 1 is 0.833 bits per heavy atom. The van der Waals surface area contributed by atoms with Gasteiger partial charge in [0.25, 0.3) is 0 Å². The van der Waals surface area contributed by atoms with Gasteiger partial charge in [-0.15, -0.1) is 0 Å². The average Bonchev–Trinajstić information content (AvgIpc) is 2.42. The van der Waals surface area contributed by atoms with Gasteiger partial charge in [0.15, 0.2) is 0 Å². The van der Waals surface area contributed by atoms with E-state index in [1.165, 1.54) is 5.56 Å². The van der Waals surface area contributed by atoms with Crippen LogP contribution in [0.15, 0.2) is 48.5 Å². The fraction of sp³-hybridized carbons (Fsp3) is 0.250. The Morgan fingerprint density at radius 3 is 1.67 bits per heavy atom. The zero-order chi connectivity index (χ0) is 13.5. The molecular weight excluding hydrogens is 244 g/mol. The standard InChI is InChI=1S/C14H13ClO.C2H6/c1-10-2-4-11(5-3-10)14(16)12-6-8-13(15)9-7-12;1-2/h2-9,14,16H,1H3;1-2H3. The normalized spacial score (nSPS) is 11.4. The van der Waals surface area contributed by atoms with E-state index in [9.17, 15) is 5.11 Å². The summed E-state index contributed by atoms with van der Waals surface area (Å²) in [5.41, 5.74) is 2.94. The molecule has 0 saturated carbocycles. The van der Waals surface area contributed by atoms with Crippen LogP contribution in [0.2, 0.25) is 5.02 Å². The minimum absolute atomic E-state index is 0.585. The van der Waals surface area contributed by atoms with E-state index in [-0.39, 0.29) is 0 Å². The topological polar surface area (TPSA) is 20.2 Å². The Kier molecular flexibility index (Phi) is 5.90. The maximum Gasteiger partial charge on any atom is 0.104 e. The Morgan fingerprint density at radius 2 is 1.22 bits per heavy atom. The summed E-state index contributed by atoms with van der Waals surface area (Å²) in [7, 11) is 0. The number of halogens is 1. The highest BCUT2D eigenvalue weighted by Crippen LogP contribution is 2.23. The van der Waals surface area contributed by atoms with Gasteiger partial charge in [0, 0.05) is 5.02 Å². The lowest BCUT2D eigenvalue weighted by molar-refractivity contribution is 0.220. The van der Waals surface area contributed by atoms with Crippen molar-refractivity contribution in [2.24, 2.45) is 0 Å². The molecule has 2 rings (SSSR count). The lowest BCUT2D eigenvalue weighted by Crippen LogP contribution is -1.98. The molecule has 0 bridgehead atoms. The molecule has 0 amide bonds. The highest BCUT2D eigenvalue weighted by Gasteiger charge is 2.09. The third-order valence-electron chi connectivity index (χ3n) is 2.58. The van der Waals surface area contributed by atoms with Crippen molar-refractivity contribution in [1.82, 2.24) is 0 Å². The van der Waals surface area contributed by atoms with Crippen molar-refractivity contribution in [1.29, 1.82) is 0 Å². The molecule has 18 heavy (non-hydrogen) atoms. The van der Waals surface area contributed by atoms with Crippen molar-refractivity contribution >= 4 is 11.6 Å². The Hall–Kier alpha value is -1.31. The van der Waals surface area contributed by atoms with Crippen molar-refractivity contribution in [2.45, 2.75) is 26.9 Å². The summed E-state index contributed by atoms with van der Waals surface area (Å²) in [5.74, 6) is 0. The molecule has 2 heteroatoms. The monoisotopic (exact) mass is 262 g/mol. The van der Waals surface area contributed by atoms with Crippen LogP contribution < -0.4 is 0 Å². The van der Waals surface area contributed by atoms with E-state index in [0.717, 1.165) is 11.1 Å². The molecule has 0 fully saturated rings. The van der Waals surface area contributed by atoms with Crippen molar-refractivity contribution in [3.05, 3.63) is 70.2 Å². The molecule has 96 valence electrons. The van der Waals surface area contributed by atoms with Gasteiger partial charge < -0.3 is 5.11 Å². The summed E-state index contributed by atoms with van der Waals surface area (Å²) in [6.07, 6.45) is -0.585. The minimum atomic E-state index is -0.585. The number of aliphatic hydroxyl groups is 1. The number of hydrogen-bond acceptors (Lipinski definition) is 1. The SMILES string of the molecule is CC.Cc1ccc(C(O)c2ccc(Cl)cc2)cc1. The number of rotatable bonds is 2. The largest absolute Gasteiger partial charge is 0.384 e. The zero-order valence-corrected chi connectivity index (χ0v) is 11.8. The van der Waals surface area contributed by atoms with Gasteiger partial charge in [-0.25, -0.2) is 0 Å². The van der Waals surface area contributed by atoms with Crippen LogP contribution >= 0.6 is 11.6 Å². The first kappa shape index (κ1) is 14.7. The fourth-order valence-electron chi connectivity index (χ4n) is 1.59. The van der Waals surface area contributed by atoms with E-state index in [0.29, 0.717) is 5.02 Å². The van der Waals surface area contributed by atoms with Crippen molar-refractivity contribution in [3.63, 3.8) is 0 Å². The molecule has 0 radical (unpaired) electrons. The molecule has 0 aliphatic heterocycles. The second-order valence-corrected chi connectivity index (χ2v) is 4.30. The summed E-state index contributed by atoms with van der Waals surface area (Å²) in [6.45, 7) is 6.03. The molecule has 2 aromatic carbocycles. The molecule has 0 aromatic heterocycles. The van der Waals surface area contributed by atoms with Crippen LogP contribution in [0, 0.1) is 6.92 Å². The zero-order valence-electron chi connectivity index (χ0n) is 11.0. The lowest BCUT2D eigenvalue weighted by atomic mass is 10.0. The highest BCUT2D eigenvalue weighted by molar-refractivity contribution is 6.30. The molecule has 0 saturated heterocycles. The van der Waals surface area contributed by atoms with Crippen LogP contribution in [0.3, 0.4) is 0 Å². The Bertz CT molecular complexity index is 414. The van der Waals surface area contributed by atoms with Gasteiger partial charge in [0.05, 0.1) is 0 Å². The van der Waals surface area contributed by atoms with Crippen LogP contribution in [0.25, 0.3) is 0 Å². The summed E-state index contributed by atoms with van der Waals surface area (Å²) in [6, 6.07) is 15.1. The molecule has 0 aliphatic carbocycles. The summed E-state index contributed by atoms with van der Waals surface area (Å²) in [5, 5.41) is 10.8. The molecule has 0 heterocycles. The van der Waals surface area contributed by atoms with E-state index < -0.39 is 6.10 Å². The minimum Gasteiger partial charge on any atom is -0.384 e. The number of aryl methyl sites for hydroxylation is 1. The third kappa shape index (κ3) is 3.86. The molecule has 1 nitrogen and oxygen atoms in total. The molecule has 2 aromatic rings. The average molecular weight is 263 g/mol. The summed E-state index contributed by atoms with van der Waals surface area (Å²) < 4.78 is 0. The molecule has 1 N–H and O–H groups in total. The van der Waals surface area contributed by atoms with Gasteiger partial charge >= 0.3 is 0 Å². The maximum atomic E-state index is 10.1. The van der Waals surface area contributed by atoms with E-state index in [4.69, 9.17) is 11.6 Å². The predicted octanol–water partition coefficient (Wildman–Crippen LogP) is 4.76. The molecule has 0 aliphatic rings. The molecule has 0 spiro atoms. The second kappa shape index (κ2) is 7.20. The van der Waals surface area contributed by atoms with E-state index >= 15 is 0 Å². The van der Waals surface area contributed by atoms with E-state index in [1.807, 2.05) is 57.2 Å². The van der Waals surface area contributed by atoms with Crippen LogP contribution in [0.4, 0.5) is 0 Å². The smallest absolute Gasteiger partial charge is 0.104 e. The summed E-state index contributed by atoms with van der Waals surface area (Å²) >= 11 is 5.80. The van der Waals surface area contributed by atoms with Gasteiger partial charge in [-0.1, -0.05) is 67.4 Å². The quantitative estimate of drug-likeness (QED) is 0.828. The molecule has 1 atom stereocenters. The van der Waals surface area contributed by atoms with Crippen LogP contribution in [0.1, 0.15) is 36.6 Å². The van der Waals surface area contributed by atoms with Crippen molar-refractivity contribution in [3.8, 4) is 0 Å².